The summed E-state index contributed by atoms with van der Waals surface area (Å²) in [6, 6.07) is 10.4. The first-order valence-electron chi connectivity index (χ1n) is 14.0. The first-order chi connectivity index (χ1) is 21.0. The molecule has 0 spiro atoms. The summed E-state index contributed by atoms with van der Waals surface area (Å²) in [5, 5.41) is 6.54. The molecular formula is C30H31F2N7O4. The minimum absolute atomic E-state index is 0.168. The number of piperidine rings is 1. The first kappa shape index (κ1) is 28.3. The van der Waals surface area contributed by atoms with Crippen molar-refractivity contribution in [3.8, 4) is 11.5 Å². The number of nitrogens with zero attached hydrogens (tertiary/aromatic N) is 5. The quantitative estimate of drug-likeness (QED) is 0.308. The van der Waals surface area contributed by atoms with Crippen LogP contribution in [0.5, 0.6) is 11.5 Å². The third-order valence-electron chi connectivity index (χ3n) is 7.49. The molecule has 2 N–H and O–H groups in total. The number of amides is 2. The van der Waals surface area contributed by atoms with Crippen LogP contribution in [0.4, 0.5) is 36.6 Å². The lowest BCUT2D eigenvalue weighted by molar-refractivity contribution is 0.112. The van der Waals surface area contributed by atoms with Gasteiger partial charge in [-0.3, -0.25) is 0 Å². The zero-order valence-corrected chi connectivity index (χ0v) is 23.6. The van der Waals surface area contributed by atoms with Gasteiger partial charge in [0.2, 0.25) is 0 Å². The third kappa shape index (κ3) is 6.36. The Hall–Kier alpha value is -4.78. The fourth-order valence-corrected chi connectivity index (χ4v) is 5.15. The van der Waals surface area contributed by atoms with E-state index in [4.69, 9.17) is 14.2 Å². The topological polar surface area (TPSA) is 114 Å². The SMILES string of the molecule is COc1cc(Nc2ncnc3cnc(N4CCOCC4)cc23)ccc1OC1CCN(C(=O)Nc2c(F)cccc2F)CC1. The molecule has 0 radical (unpaired) electrons. The zero-order valence-electron chi connectivity index (χ0n) is 23.6. The molecule has 6 rings (SSSR count). The van der Waals surface area contributed by atoms with Crippen molar-refractivity contribution < 1.29 is 27.8 Å². The van der Waals surface area contributed by atoms with E-state index in [0.717, 1.165) is 47.6 Å². The molecule has 2 saturated heterocycles. The van der Waals surface area contributed by atoms with E-state index in [1.807, 2.05) is 24.3 Å². The summed E-state index contributed by atoms with van der Waals surface area (Å²) in [4.78, 5) is 29.7. The number of carbonyl (C=O) groups is 1. The van der Waals surface area contributed by atoms with Crippen LogP contribution in [-0.2, 0) is 4.74 Å². The summed E-state index contributed by atoms with van der Waals surface area (Å²) < 4.78 is 45.2. The minimum atomic E-state index is -0.820. The minimum Gasteiger partial charge on any atom is -0.493 e. The predicted molar refractivity (Wildman–Crippen MR) is 157 cm³/mol. The number of rotatable bonds is 7. The Balaban J connectivity index is 1.10. The van der Waals surface area contributed by atoms with E-state index < -0.39 is 23.4 Å². The highest BCUT2D eigenvalue weighted by Gasteiger charge is 2.26. The summed E-state index contributed by atoms with van der Waals surface area (Å²) in [6.45, 7) is 3.61. The highest BCUT2D eigenvalue weighted by atomic mass is 19.1. The molecule has 0 saturated carbocycles. The number of pyridine rings is 1. The Morgan fingerprint density at radius 2 is 1.74 bits per heavy atom. The van der Waals surface area contributed by atoms with E-state index in [2.05, 4.69) is 30.5 Å². The van der Waals surface area contributed by atoms with Crippen molar-refractivity contribution in [3.63, 3.8) is 0 Å². The van der Waals surface area contributed by atoms with Crippen molar-refractivity contribution in [1.29, 1.82) is 0 Å². The maximum absolute atomic E-state index is 13.9. The Morgan fingerprint density at radius 1 is 0.977 bits per heavy atom. The lowest BCUT2D eigenvalue weighted by Crippen LogP contribution is -2.44. The third-order valence-corrected chi connectivity index (χ3v) is 7.49. The summed E-state index contributed by atoms with van der Waals surface area (Å²) in [5.41, 5.74) is 1.02. The van der Waals surface area contributed by atoms with Crippen molar-refractivity contribution >= 4 is 39.9 Å². The summed E-state index contributed by atoms with van der Waals surface area (Å²) in [5.74, 6) is 0.944. The molecule has 224 valence electrons. The van der Waals surface area contributed by atoms with Crippen LogP contribution in [-0.4, -0.2) is 78.5 Å². The van der Waals surface area contributed by atoms with Crippen LogP contribution in [0.3, 0.4) is 0 Å². The number of likely N-dealkylation sites (tertiary alicyclic amines) is 1. The van der Waals surface area contributed by atoms with Crippen molar-refractivity contribution in [1.82, 2.24) is 19.9 Å². The van der Waals surface area contributed by atoms with Crippen LogP contribution in [0.15, 0.2) is 55.0 Å². The number of halogens is 2. The number of carbonyl (C=O) groups excluding carboxylic acids is 1. The predicted octanol–water partition coefficient (Wildman–Crippen LogP) is 4.97. The average molecular weight is 592 g/mol. The van der Waals surface area contributed by atoms with E-state index in [9.17, 15) is 13.6 Å². The zero-order chi connectivity index (χ0) is 29.8. The van der Waals surface area contributed by atoms with Gasteiger partial charge in [-0.05, 0) is 30.3 Å². The van der Waals surface area contributed by atoms with E-state index in [0.29, 0.717) is 56.5 Å². The molecule has 0 atom stereocenters. The maximum atomic E-state index is 13.9. The van der Waals surface area contributed by atoms with Crippen LogP contribution in [0.2, 0.25) is 0 Å². The van der Waals surface area contributed by atoms with Crippen LogP contribution < -0.4 is 25.0 Å². The molecule has 0 bridgehead atoms. The van der Waals surface area contributed by atoms with Gasteiger partial charge >= 0.3 is 6.03 Å². The Labute approximate surface area is 246 Å². The van der Waals surface area contributed by atoms with Gasteiger partial charge in [0.25, 0.3) is 0 Å². The highest BCUT2D eigenvalue weighted by molar-refractivity contribution is 5.92. The van der Waals surface area contributed by atoms with Gasteiger partial charge in [-0.1, -0.05) is 6.07 Å². The molecule has 11 nitrogen and oxygen atoms in total. The second-order valence-electron chi connectivity index (χ2n) is 10.2. The number of para-hydroxylation sites is 1. The Morgan fingerprint density at radius 3 is 2.49 bits per heavy atom. The van der Waals surface area contributed by atoms with Crippen LogP contribution >= 0.6 is 0 Å². The van der Waals surface area contributed by atoms with Gasteiger partial charge in [-0.2, -0.15) is 0 Å². The monoisotopic (exact) mass is 591 g/mol. The molecule has 2 fully saturated rings. The van der Waals surface area contributed by atoms with Gasteiger partial charge in [0.05, 0.1) is 32.0 Å². The number of ether oxygens (including phenoxy) is 3. The van der Waals surface area contributed by atoms with Gasteiger partial charge in [-0.25, -0.2) is 28.5 Å². The number of aromatic nitrogens is 3. The number of fused-ring (bicyclic) bond motifs is 1. The number of benzene rings is 2. The Bertz CT molecular complexity index is 1590. The summed E-state index contributed by atoms with van der Waals surface area (Å²) in [6.07, 6.45) is 4.16. The molecule has 4 heterocycles. The van der Waals surface area contributed by atoms with Gasteiger partial charge in [-0.15, -0.1) is 0 Å². The average Bonchev–Trinajstić information content (AvgIpc) is 3.04. The van der Waals surface area contributed by atoms with Crippen LogP contribution in [0, 0.1) is 11.6 Å². The van der Waals surface area contributed by atoms with Gasteiger partial charge in [0.1, 0.15) is 41.4 Å². The molecule has 43 heavy (non-hydrogen) atoms. The number of hydrogen-bond acceptors (Lipinski definition) is 9. The summed E-state index contributed by atoms with van der Waals surface area (Å²) in [7, 11) is 1.57. The molecule has 2 aliphatic heterocycles. The second-order valence-corrected chi connectivity index (χ2v) is 10.2. The lowest BCUT2D eigenvalue weighted by Gasteiger charge is -2.32. The van der Waals surface area contributed by atoms with E-state index in [1.54, 1.807) is 13.3 Å². The first-order valence-corrected chi connectivity index (χ1v) is 14.0. The molecule has 13 heteroatoms. The number of methoxy groups -OCH3 is 1. The lowest BCUT2D eigenvalue weighted by atomic mass is 10.1. The molecule has 2 aromatic carbocycles. The summed E-state index contributed by atoms with van der Waals surface area (Å²) >= 11 is 0. The number of morpholine rings is 1. The molecule has 2 amide bonds. The molecule has 4 aromatic rings. The maximum Gasteiger partial charge on any atom is 0.322 e. The highest BCUT2D eigenvalue weighted by Crippen LogP contribution is 2.34. The van der Waals surface area contributed by atoms with Crippen molar-refractivity contribution in [2.75, 3.05) is 62.0 Å². The smallest absolute Gasteiger partial charge is 0.322 e. The van der Waals surface area contributed by atoms with Crippen LogP contribution in [0.25, 0.3) is 10.9 Å². The Kier molecular flexibility index (Phi) is 8.31. The molecule has 0 unspecified atom stereocenters. The fraction of sp³-hybridized carbons (Fsp3) is 0.333. The number of urea groups is 1. The van der Waals surface area contributed by atoms with Crippen LogP contribution in [0.1, 0.15) is 12.8 Å². The van der Waals surface area contributed by atoms with Crippen molar-refractivity contribution in [3.05, 3.63) is 66.6 Å². The van der Waals surface area contributed by atoms with Gasteiger partial charge in [0.15, 0.2) is 11.5 Å². The fourth-order valence-electron chi connectivity index (χ4n) is 5.15. The largest absolute Gasteiger partial charge is 0.493 e. The molecular weight excluding hydrogens is 560 g/mol. The molecule has 2 aromatic heterocycles. The number of hydrogen-bond donors (Lipinski definition) is 2. The van der Waals surface area contributed by atoms with E-state index in [-0.39, 0.29) is 6.10 Å². The van der Waals surface area contributed by atoms with Crippen molar-refractivity contribution in [2.45, 2.75) is 18.9 Å². The normalized spacial score (nSPS) is 15.8. The number of nitrogens with one attached hydrogen (secondary N) is 2. The van der Waals surface area contributed by atoms with Gasteiger partial charge in [0, 0.05) is 56.2 Å². The van der Waals surface area contributed by atoms with Crippen molar-refractivity contribution in [2.24, 2.45) is 0 Å². The van der Waals surface area contributed by atoms with E-state index >= 15 is 0 Å². The van der Waals surface area contributed by atoms with Gasteiger partial charge < -0.3 is 34.6 Å². The molecule has 2 aliphatic rings. The standard InChI is InChI=1S/C30H31F2N7O4/c1-41-26-15-19(36-29-21-16-27(38-11-13-42-14-12-38)33-17-24(21)34-18-35-29)5-6-25(26)43-20-7-9-39(10-8-20)30(40)37-28-22(31)3-2-4-23(28)32/h2-6,15-18,20H,7-14H2,1H3,(H,37,40)(H,34,35,36). The van der Waals surface area contributed by atoms with E-state index in [1.165, 1.54) is 17.3 Å². The second kappa shape index (κ2) is 12.6. The number of anilines is 4. The molecule has 0 aliphatic carbocycles.